The van der Waals surface area contributed by atoms with Crippen LogP contribution in [0.5, 0.6) is 0 Å². The average molecular weight is 380 g/mol. The minimum Gasteiger partial charge on any atom is -0.455 e. The molecule has 0 aliphatic carbocycles. The lowest BCUT2D eigenvalue weighted by atomic mass is 10.1. The molecule has 0 saturated heterocycles. The number of aromatic nitrogens is 1. The summed E-state index contributed by atoms with van der Waals surface area (Å²) in [5, 5.41) is 5.12. The number of carbonyl (C=O) groups is 2. The average Bonchev–Trinajstić information content (AvgIpc) is 3.17. The van der Waals surface area contributed by atoms with E-state index in [9.17, 15) is 9.59 Å². The minimum absolute atomic E-state index is 0.0506. The third kappa shape index (κ3) is 5.49. The number of rotatable bonds is 7. The Balaban J connectivity index is 1.46. The van der Waals surface area contributed by atoms with E-state index in [0.29, 0.717) is 22.8 Å². The zero-order chi connectivity index (χ0) is 19.1. The first-order chi connectivity index (χ1) is 13.1. The van der Waals surface area contributed by atoms with Crippen LogP contribution in [0, 0.1) is 6.92 Å². The van der Waals surface area contributed by atoms with E-state index in [4.69, 9.17) is 4.74 Å². The maximum absolute atomic E-state index is 12.2. The Morgan fingerprint density at radius 3 is 2.56 bits per heavy atom. The molecule has 2 aromatic carbocycles. The minimum atomic E-state index is -0.408. The summed E-state index contributed by atoms with van der Waals surface area (Å²) in [4.78, 5) is 28.4. The van der Waals surface area contributed by atoms with Gasteiger partial charge in [-0.15, -0.1) is 11.3 Å². The number of nitrogens with zero attached hydrogens (tertiary/aromatic N) is 1. The van der Waals surface area contributed by atoms with Gasteiger partial charge >= 0.3 is 5.97 Å². The number of ether oxygens (including phenoxy) is 1. The Morgan fingerprint density at radius 2 is 1.81 bits per heavy atom. The highest BCUT2D eigenvalue weighted by Gasteiger charge is 2.12. The van der Waals surface area contributed by atoms with Crippen LogP contribution in [0.2, 0.25) is 0 Å². The van der Waals surface area contributed by atoms with Crippen molar-refractivity contribution in [3.8, 4) is 0 Å². The lowest BCUT2D eigenvalue weighted by Gasteiger charge is -2.04. The molecule has 1 amide bonds. The Morgan fingerprint density at radius 1 is 1.07 bits per heavy atom. The van der Waals surface area contributed by atoms with E-state index in [1.165, 1.54) is 22.5 Å². The highest BCUT2D eigenvalue weighted by atomic mass is 32.1. The Kier molecular flexibility index (Phi) is 6.33. The predicted octanol–water partition coefficient (Wildman–Crippen LogP) is 3.78. The van der Waals surface area contributed by atoms with Crippen LogP contribution in [0.4, 0.5) is 0 Å². The van der Waals surface area contributed by atoms with Crippen LogP contribution < -0.4 is 5.32 Å². The van der Waals surface area contributed by atoms with Gasteiger partial charge in [0.15, 0.2) is 0 Å². The van der Waals surface area contributed by atoms with E-state index in [1.54, 1.807) is 29.6 Å². The molecule has 138 valence electrons. The van der Waals surface area contributed by atoms with E-state index < -0.39 is 5.97 Å². The molecule has 1 aromatic heterocycles. The van der Waals surface area contributed by atoms with Crippen molar-refractivity contribution in [2.24, 2.45) is 0 Å². The van der Waals surface area contributed by atoms with Crippen LogP contribution in [0.1, 0.15) is 37.0 Å². The largest absolute Gasteiger partial charge is 0.455 e. The standard InChI is InChI=1S/C21H20N2O3S/c1-15-7-9-16(10-8-15)11-12-22-20(24)18-14-27-19(23-18)13-26-21(25)17-5-3-2-4-6-17/h2-10,14H,11-13H2,1H3,(H,22,24). The van der Waals surface area contributed by atoms with E-state index in [1.807, 2.05) is 13.0 Å². The Hall–Kier alpha value is -2.99. The van der Waals surface area contributed by atoms with Gasteiger partial charge in [-0.1, -0.05) is 48.0 Å². The van der Waals surface area contributed by atoms with Crippen LogP contribution in [0.25, 0.3) is 0 Å². The second-order valence-corrected chi connectivity index (χ2v) is 7.00. The molecular formula is C21H20N2O3S. The number of hydrogen-bond donors (Lipinski definition) is 1. The number of benzene rings is 2. The SMILES string of the molecule is Cc1ccc(CCNC(=O)c2csc(COC(=O)c3ccccc3)n2)cc1. The Labute approximate surface area is 162 Å². The molecule has 0 fully saturated rings. The van der Waals surface area contributed by atoms with Crippen LogP contribution in [0.3, 0.4) is 0 Å². The molecule has 3 aromatic rings. The summed E-state index contributed by atoms with van der Waals surface area (Å²) >= 11 is 1.30. The third-order valence-corrected chi connectivity index (χ3v) is 4.76. The van der Waals surface area contributed by atoms with Gasteiger partial charge in [-0.25, -0.2) is 9.78 Å². The maximum Gasteiger partial charge on any atom is 0.338 e. The summed E-state index contributed by atoms with van der Waals surface area (Å²) < 4.78 is 5.23. The fraction of sp³-hybridized carbons (Fsp3) is 0.190. The summed E-state index contributed by atoms with van der Waals surface area (Å²) in [7, 11) is 0. The molecule has 1 N–H and O–H groups in total. The molecule has 0 bridgehead atoms. The van der Waals surface area contributed by atoms with Gasteiger partial charge in [-0.3, -0.25) is 4.79 Å². The number of hydrogen-bond acceptors (Lipinski definition) is 5. The van der Waals surface area contributed by atoms with Crippen molar-refractivity contribution in [1.29, 1.82) is 0 Å². The normalized spacial score (nSPS) is 10.4. The summed E-state index contributed by atoms with van der Waals surface area (Å²) in [5.41, 5.74) is 3.22. The van der Waals surface area contributed by atoms with Gasteiger partial charge in [0.1, 0.15) is 17.3 Å². The molecular weight excluding hydrogens is 360 g/mol. The van der Waals surface area contributed by atoms with Crippen LogP contribution in [-0.2, 0) is 17.8 Å². The van der Waals surface area contributed by atoms with Gasteiger partial charge < -0.3 is 10.1 Å². The highest BCUT2D eigenvalue weighted by Crippen LogP contribution is 2.12. The number of amides is 1. The quantitative estimate of drug-likeness (QED) is 0.634. The van der Waals surface area contributed by atoms with Gasteiger partial charge in [0, 0.05) is 11.9 Å². The smallest absolute Gasteiger partial charge is 0.338 e. The van der Waals surface area contributed by atoms with E-state index in [0.717, 1.165) is 6.42 Å². The molecule has 0 aliphatic heterocycles. The topological polar surface area (TPSA) is 68.3 Å². The van der Waals surface area contributed by atoms with Gasteiger partial charge in [0.2, 0.25) is 0 Å². The molecule has 0 aliphatic rings. The first-order valence-electron chi connectivity index (χ1n) is 8.62. The lowest BCUT2D eigenvalue weighted by molar-refractivity contribution is 0.0472. The molecule has 6 heteroatoms. The molecule has 1 heterocycles. The molecule has 0 radical (unpaired) electrons. The van der Waals surface area contributed by atoms with Crippen molar-refractivity contribution in [1.82, 2.24) is 10.3 Å². The first-order valence-corrected chi connectivity index (χ1v) is 9.50. The second kappa shape index (κ2) is 9.09. The number of thiazole rings is 1. The molecule has 3 rings (SSSR count). The summed E-state index contributed by atoms with van der Waals surface area (Å²) in [6.07, 6.45) is 0.762. The van der Waals surface area contributed by atoms with Gasteiger partial charge in [0.05, 0.1) is 5.56 Å². The molecule has 5 nitrogen and oxygen atoms in total. The van der Waals surface area contributed by atoms with Gasteiger partial charge in [0.25, 0.3) is 5.91 Å². The number of aryl methyl sites for hydroxylation is 1. The predicted molar refractivity (Wildman–Crippen MR) is 105 cm³/mol. The molecule has 0 unspecified atom stereocenters. The fourth-order valence-electron chi connectivity index (χ4n) is 2.43. The van der Waals surface area contributed by atoms with Crippen molar-refractivity contribution in [2.45, 2.75) is 20.0 Å². The van der Waals surface area contributed by atoms with E-state index in [-0.39, 0.29) is 12.5 Å². The zero-order valence-electron chi connectivity index (χ0n) is 15.0. The van der Waals surface area contributed by atoms with Crippen molar-refractivity contribution < 1.29 is 14.3 Å². The zero-order valence-corrected chi connectivity index (χ0v) is 15.8. The fourth-order valence-corrected chi connectivity index (χ4v) is 3.12. The monoisotopic (exact) mass is 380 g/mol. The lowest BCUT2D eigenvalue weighted by Crippen LogP contribution is -2.26. The molecule has 0 atom stereocenters. The van der Waals surface area contributed by atoms with Crippen molar-refractivity contribution in [3.05, 3.63) is 87.4 Å². The highest BCUT2D eigenvalue weighted by molar-refractivity contribution is 7.09. The maximum atomic E-state index is 12.2. The molecule has 27 heavy (non-hydrogen) atoms. The van der Waals surface area contributed by atoms with E-state index >= 15 is 0 Å². The Bertz CT molecular complexity index is 905. The summed E-state index contributed by atoms with van der Waals surface area (Å²) in [6.45, 7) is 2.63. The van der Waals surface area contributed by atoms with Crippen LogP contribution in [0.15, 0.2) is 60.0 Å². The first kappa shape index (κ1) is 18.8. The summed E-state index contributed by atoms with van der Waals surface area (Å²) in [5.74, 6) is -0.631. The van der Waals surface area contributed by atoms with Crippen LogP contribution in [-0.4, -0.2) is 23.4 Å². The van der Waals surface area contributed by atoms with Gasteiger partial charge in [-0.2, -0.15) is 0 Å². The second-order valence-electron chi connectivity index (χ2n) is 6.06. The summed E-state index contributed by atoms with van der Waals surface area (Å²) in [6, 6.07) is 17.0. The molecule has 0 saturated carbocycles. The number of carbonyl (C=O) groups excluding carboxylic acids is 2. The number of esters is 1. The van der Waals surface area contributed by atoms with E-state index in [2.05, 4.69) is 34.6 Å². The molecule has 0 spiro atoms. The number of nitrogens with one attached hydrogen (secondary N) is 1. The van der Waals surface area contributed by atoms with Crippen molar-refractivity contribution in [2.75, 3.05) is 6.54 Å². The van der Waals surface area contributed by atoms with Crippen molar-refractivity contribution >= 4 is 23.2 Å². The third-order valence-electron chi connectivity index (χ3n) is 3.94. The van der Waals surface area contributed by atoms with Crippen molar-refractivity contribution in [3.63, 3.8) is 0 Å². The van der Waals surface area contributed by atoms with Crippen LogP contribution >= 0.6 is 11.3 Å². The van der Waals surface area contributed by atoms with Gasteiger partial charge in [-0.05, 0) is 31.0 Å².